The van der Waals surface area contributed by atoms with Gasteiger partial charge in [0.05, 0.1) is 19.9 Å². The van der Waals surface area contributed by atoms with Crippen LogP contribution in [0.25, 0.3) is 0 Å². The number of nitrogens with zero attached hydrogens (tertiary/aromatic N) is 5. The average Bonchev–Trinajstić information content (AvgIpc) is 2.98. The molecule has 2 aliphatic rings. The Balaban J connectivity index is 1.48. The van der Waals surface area contributed by atoms with E-state index >= 15 is 0 Å². The molecule has 120 valence electrons. The summed E-state index contributed by atoms with van der Waals surface area (Å²) in [6, 6.07) is 2.14. The largest absolute Gasteiger partial charge is 0.464 e. The molecule has 7 nitrogen and oxygen atoms in total. The second kappa shape index (κ2) is 5.33. The summed E-state index contributed by atoms with van der Waals surface area (Å²) in [6.07, 6.45) is 4.88. The van der Waals surface area contributed by atoms with Crippen LogP contribution in [0, 0.1) is 18.8 Å². The first-order valence-corrected chi connectivity index (χ1v) is 7.83. The number of methoxy groups -OCH3 is 1. The Hall–Kier alpha value is -2.44. The van der Waals surface area contributed by atoms with E-state index in [0.29, 0.717) is 6.54 Å². The van der Waals surface area contributed by atoms with Crippen LogP contribution in [-0.2, 0) is 11.3 Å². The molecule has 1 saturated heterocycles. The lowest BCUT2D eigenvalue weighted by atomic mass is 10.1. The van der Waals surface area contributed by atoms with Crippen molar-refractivity contribution < 1.29 is 9.53 Å². The van der Waals surface area contributed by atoms with Gasteiger partial charge in [0.2, 0.25) is 0 Å². The van der Waals surface area contributed by atoms with E-state index < -0.39 is 5.97 Å². The summed E-state index contributed by atoms with van der Waals surface area (Å²) in [5.41, 5.74) is 2.45. The van der Waals surface area contributed by atoms with Crippen LogP contribution in [0.5, 0.6) is 0 Å². The van der Waals surface area contributed by atoms with E-state index in [-0.39, 0.29) is 5.69 Å². The lowest BCUT2D eigenvalue weighted by molar-refractivity contribution is 0.0594. The van der Waals surface area contributed by atoms with Gasteiger partial charge in [-0.25, -0.2) is 14.5 Å². The summed E-state index contributed by atoms with van der Waals surface area (Å²) in [4.78, 5) is 18.4. The normalized spacial score (nSPS) is 22.1. The highest BCUT2D eigenvalue weighted by Gasteiger charge is 2.45. The number of aryl methyl sites for hydroxylation is 1. The van der Waals surface area contributed by atoms with E-state index in [1.165, 1.54) is 19.1 Å². The van der Waals surface area contributed by atoms with Crippen molar-refractivity contribution in [2.75, 3.05) is 25.1 Å². The van der Waals surface area contributed by atoms with Crippen molar-refractivity contribution in [3.05, 3.63) is 35.3 Å². The van der Waals surface area contributed by atoms with Crippen LogP contribution >= 0.6 is 0 Å². The number of ether oxygens (including phenoxy) is 1. The summed E-state index contributed by atoms with van der Waals surface area (Å²) >= 11 is 0. The number of esters is 1. The molecular weight excluding hydrogens is 294 g/mol. The van der Waals surface area contributed by atoms with E-state index in [4.69, 9.17) is 0 Å². The number of carbonyl (C=O) groups is 1. The lowest BCUT2D eigenvalue weighted by Gasteiger charge is -2.20. The maximum Gasteiger partial charge on any atom is 0.360 e. The Morgan fingerprint density at radius 3 is 2.87 bits per heavy atom. The van der Waals surface area contributed by atoms with Gasteiger partial charge in [-0.2, -0.15) is 0 Å². The Morgan fingerprint density at radius 1 is 1.39 bits per heavy atom. The summed E-state index contributed by atoms with van der Waals surface area (Å²) in [7, 11) is 1.33. The van der Waals surface area contributed by atoms with Crippen LogP contribution in [0.1, 0.15) is 28.0 Å². The zero-order chi connectivity index (χ0) is 16.0. The van der Waals surface area contributed by atoms with Crippen LogP contribution in [0.3, 0.4) is 0 Å². The van der Waals surface area contributed by atoms with Crippen LogP contribution in [0.4, 0.5) is 5.82 Å². The Bertz CT molecular complexity index is 747. The zero-order valence-electron chi connectivity index (χ0n) is 13.3. The number of piperidine rings is 1. The van der Waals surface area contributed by atoms with Gasteiger partial charge in [-0.3, -0.25) is 0 Å². The number of hydrogen-bond acceptors (Lipinski definition) is 6. The number of hydrogen-bond donors (Lipinski definition) is 0. The molecule has 1 aliphatic heterocycles. The van der Waals surface area contributed by atoms with Gasteiger partial charge < -0.3 is 9.64 Å². The molecule has 4 rings (SSSR count). The predicted octanol–water partition coefficient (Wildman–Crippen LogP) is 1.27. The molecule has 0 radical (unpaired) electrons. The molecule has 7 heteroatoms. The molecule has 2 aromatic rings. The summed E-state index contributed by atoms with van der Waals surface area (Å²) < 4.78 is 6.26. The molecular formula is C16H19N5O2. The molecule has 2 atom stereocenters. The van der Waals surface area contributed by atoms with Crippen LogP contribution < -0.4 is 4.90 Å². The molecule has 23 heavy (non-hydrogen) atoms. The van der Waals surface area contributed by atoms with Gasteiger partial charge in [0.1, 0.15) is 5.82 Å². The van der Waals surface area contributed by atoms with Gasteiger partial charge in [0, 0.05) is 19.3 Å². The molecule has 0 aromatic carbocycles. The SMILES string of the molecule is COC(=O)c1cn(Cc2cnc(N3CC4CC4C3)cc2C)nn1. The lowest BCUT2D eigenvalue weighted by Crippen LogP contribution is -2.23. The smallest absolute Gasteiger partial charge is 0.360 e. The molecule has 2 aromatic heterocycles. The van der Waals surface area contributed by atoms with Crippen molar-refractivity contribution in [3.8, 4) is 0 Å². The molecule has 2 unspecified atom stereocenters. The van der Waals surface area contributed by atoms with Crippen LogP contribution in [-0.4, -0.2) is 46.1 Å². The highest BCUT2D eigenvalue weighted by atomic mass is 16.5. The van der Waals surface area contributed by atoms with Gasteiger partial charge in [-0.1, -0.05) is 5.21 Å². The second-order valence-electron chi connectivity index (χ2n) is 6.42. The number of rotatable bonds is 4. The number of aromatic nitrogens is 4. The summed E-state index contributed by atoms with van der Waals surface area (Å²) in [5, 5.41) is 7.78. The first-order valence-electron chi connectivity index (χ1n) is 7.83. The van der Waals surface area contributed by atoms with Crippen molar-refractivity contribution in [2.45, 2.75) is 19.9 Å². The number of fused-ring (bicyclic) bond motifs is 1. The number of anilines is 1. The van der Waals surface area contributed by atoms with Crippen LogP contribution in [0.2, 0.25) is 0 Å². The fourth-order valence-electron chi connectivity index (χ4n) is 3.24. The Kier molecular flexibility index (Phi) is 3.28. The van der Waals surface area contributed by atoms with Gasteiger partial charge >= 0.3 is 5.97 Å². The maximum absolute atomic E-state index is 11.4. The molecule has 0 amide bonds. The minimum Gasteiger partial charge on any atom is -0.464 e. The first-order chi connectivity index (χ1) is 11.1. The quantitative estimate of drug-likeness (QED) is 0.792. The second-order valence-corrected chi connectivity index (χ2v) is 6.42. The van der Waals surface area contributed by atoms with Gasteiger partial charge in [-0.05, 0) is 42.4 Å². The third kappa shape index (κ3) is 2.67. The molecule has 3 heterocycles. The average molecular weight is 313 g/mol. The van der Waals surface area contributed by atoms with Gasteiger partial charge in [0.25, 0.3) is 0 Å². The topological polar surface area (TPSA) is 73.1 Å². The molecule has 0 spiro atoms. The van der Waals surface area contributed by atoms with Crippen molar-refractivity contribution in [1.29, 1.82) is 0 Å². The van der Waals surface area contributed by atoms with E-state index in [0.717, 1.165) is 36.3 Å². The summed E-state index contributed by atoms with van der Waals surface area (Å²) in [6.45, 7) is 4.90. The molecule has 1 saturated carbocycles. The number of carbonyl (C=O) groups excluding carboxylic acids is 1. The number of pyridine rings is 1. The van der Waals surface area contributed by atoms with Crippen molar-refractivity contribution >= 4 is 11.8 Å². The highest BCUT2D eigenvalue weighted by Crippen LogP contribution is 2.45. The molecule has 0 bridgehead atoms. The van der Waals surface area contributed by atoms with Gasteiger partial charge in [-0.15, -0.1) is 5.10 Å². The van der Waals surface area contributed by atoms with E-state index in [1.54, 1.807) is 10.9 Å². The van der Waals surface area contributed by atoms with Crippen molar-refractivity contribution in [3.63, 3.8) is 0 Å². The third-order valence-electron chi connectivity index (χ3n) is 4.77. The fourth-order valence-corrected chi connectivity index (χ4v) is 3.24. The molecule has 1 aliphatic carbocycles. The first kappa shape index (κ1) is 14.2. The van der Waals surface area contributed by atoms with E-state index in [2.05, 4.69) is 37.9 Å². The van der Waals surface area contributed by atoms with E-state index in [9.17, 15) is 4.79 Å². The van der Waals surface area contributed by atoms with Crippen LogP contribution in [0.15, 0.2) is 18.5 Å². The van der Waals surface area contributed by atoms with Gasteiger partial charge in [0.15, 0.2) is 5.69 Å². The Morgan fingerprint density at radius 2 is 2.17 bits per heavy atom. The minimum atomic E-state index is -0.478. The summed E-state index contributed by atoms with van der Waals surface area (Å²) in [5.74, 6) is 2.37. The maximum atomic E-state index is 11.4. The van der Waals surface area contributed by atoms with Crippen molar-refractivity contribution in [2.24, 2.45) is 11.8 Å². The highest BCUT2D eigenvalue weighted by molar-refractivity contribution is 5.86. The Labute approximate surface area is 134 Å². The van der Waals surface area contributed by atoms with Crippen molar-refractivity contribution in [1.82, 2.24) is 20.0 Å². The third-order valence-corrected chi connectivity index (χ3v) is 4.77. The fraction of sp³-hybridized carbons (Fsp3) is 0.500. The zero-order valence-corrected chi connectivity index (χ0v) is 13.3. The monoisotopic (exact) mass is 313 g/mol. The predicted molar refractivity (Wildman–Crippen MR) is 83.2 cm³/mol. The van der Waals surface area contributed by atoms with E-state index in [1.807, 2.05) is 6.20 Å². The molecule has 0 N–H and O–H groups in total. The minimum absolute atomic E-state index is 0.214. The standard InChI is InChI=1S/C16H19N5O2/c1-10-3-15(20-6-11-4-12(11)7-20)17-5-13(10)8-21-9-14(18-19-21)16(22)23-2/h3,5,9,11-12H,4,6-8H2,1-2H3. The molecule has 2 fully saturated rings.